The van der Waals surface area contributed by atoms with Crippen molar-refractivity contribution < 1.29 is 32.6 Å². The topological polar surface area (TPSA) is 128 Å². The van der Waals surface area contributed by atoms with Crippen LogP contribution in [0.4, 0.5) is 4.39 Å². The number of aliphatic hydroxyl groups excluding tert-OH is 1. The van der Waals surface area contributed by atoms with Crippen LogP contribution in [0.25, 0.3) is 0 Å². The molecule has 0 saturated carbocycles. The van der Waals surface area contributed by atoms with Gasteiger partial charge >= 0.3 is 0 Å². The van der Waals surface area contributed by atoms with Gasteiger partial charge in [0.1, 0.15) is 30.0 Å². The van der Waals surface area contributed by atoms with Crippen molar-refractivity contribution in [2.75, 3.05) is 32.8 Å². The molecule has 1 aliphatic rings. The standard InChI is InChI=1S/C30H36FN3O6S/c1-21-3-2-4-29(31)28(21)19-33-30(37)23-5-11-27(12-6-23)41(38,39)34-15-13-22(14-16-34)17-32-18-25(36)20-40-26-9-7-24(35)8-10-26/h2-12,22,25,32,35-36H,13-20H2,1H3,(H,33,37)/t25-/m0/s1. The fourth-order valence-corrected chi connectivity index (χ4v) is 6.16. The van der Waals surface area contributed by atoms with Crippen molar-refractivity contribution in [3.05, 3.63) is 89.2 Å². The molecule has 1 amide bonds. The number of aliphatic hydroxyl groups is 1. The first-order valence-corrected chi connectivity index (χ1v) is 15.0. The number of halogens is 1. The van der Waals surface area contributed by atoms with Gasteiger partial charge in [0, 0.05) is 37.3 Å². The molecule has 41 heavy (non-hydrogen) atoms. The van der Waals surface area contributed by atoms with Crippen LogP contribution < -0.4 is 15.4 Å². The maximum Gasteiger partial charge on any atom is 0.251 e. The predicted molar refractivity (Wildman–Crippen MR) is 153 cm³/mol. The average Bonchev–Trinajstić information content (AvgIpc) is 2.97. The van der Waals surface area contributed by atoms with Gasteiger partial charge in [-0.25, -0.2) is 12.8 Å². The summed E-state index contributed by atoms with van der Waals surface area (Å²) in [5, 5.41) is 25.4. The van der Waals surface area contributed by atoms with Crippen molar-refractivity contribution >= 4 is 15.9 Å². The van der Waals surface area contributed by atoms with Crippen molar-refractivity contribution in [2.24, 2.45) is 5.92 Å². The maximum absolute atomic E-state index is 14.0. The van der Waals surface area contributed by atoms with E-state index < -0.39 is 22.0 Å². The third kappa shape index (κ3) is 8.26. The molecule has 1 heterocycles. The lowest BCUT2D eigenvalue weighted by Crippen LogP contribution is -2.42. The van der Waals surface area contributed by atoms with Crippen LogP contribution in [-0.2, 0) is 16.6 Å². The van der Waals surface area contributed by atoms with Crippen LogP contribution in [0.1, 0.15) is 34.3 Å². The van der Waals surface area contributed by atoms with E-state index in [0.29, 0.717) is 55.9 Å². The number of aryl methyl sites for hydroxylation is 1. The van der Waals surface area contributed by atoms with Crippen molar-refractivity contribution in [1.82, 2.24) is 14.9 Å². The number of carbonyl (C=O) groups is 1. The number of ether oxygens (including phenoxy) is 1. The predicted octanol–water partition coefficient (Wildman–Crippen LogP) is 3.20. The Hall–Kier alpha value is -3.51. The minimum Gasteiger partial charge on any atom is -0.508 e. The van der Waals surface area contributed by atoms with Crippen LogP contribution in [0, 0.1) is 18.7 Å². The highest BCUT2D eigenvalue weighted by Gasteiger charge is 2.29. The van der Waals surface area contributed by atoms with Crippen LogP contribution in [0.3, 0.4) is 0 Å². The summed E-state index contributed by atoms with van der Waals surface area (Å²) < 4.78 is 47.4. The van der Waals surface area contributed by atoms with Crippen molar-refractivity contribution in [3.63, 3.8) is 0 Å². The summed E-state index contributed by atoms with van der Waals surface area (Å²) in [6.45, 7) is 3.67. The lowest BCUT2D eigenvalue weighted by molar-refractivity contribution is 0.0950. The van der Waals surface area contributed by atoms with E-state index in [1.807, 2.05) is 0 Å². The molecule has 3 aromatic rings. The number of hydrogen-bond acceptors (Lipinski definition) is 7. The lowest BCUT2D eigenvalue weighted by Gasteiger charge is -2.31. The Kier molecular flexibility index (Phi) is 10.3. The molecule has 1 atom stereocenters. The molecule has 0 aliphatic carbocycles. The van der Waals surface area contributed by atoms with Crippen LogP contribution in [0.2, 0.25) is 0 Å². The van der Waals surface area contributed by atoms with E-state index in [2.05, 4.69) is 10.6 Å². The summed E-state index contributed by atoms with van der Waals surface area (Å²) in [4.78, 5) is 12.7. The van der Waals surface area contributed by atoms with E-state index in [-0.39, 0.29) is 35.5 Å². The number of carbonyl (C=O) groups excluding carboxylic acids is 1. The molecule has 11 heteroatoms. The van der Waals surface area contributed by atoms with Gasteiger partial charge in [-0.05, 0) is 92.4 Å². The Bertz CT molecular complexity index is 1390. The van der Waals surface area contributed by atoms with Crippen molar-refractivity contribution in [3.8, 4) is 11.5 Å². The Morgan fingerprint density at radius 2 is 1.76 bits per heavy atom. The van der Waals surface area contributed by atoms with Crippen molar-refractivity contribution in [1.29, 1.82) is 0 Å². The van der Waals surface area contributed by atoms with Gasteiger partial charge in [-0.1, -0.05) is 12.1 Å². The summed E-state index contributed by atoms with van der Waals surface area (Å²) in [7, 11) is -3.71. The minimum absolute atomic E-state index is 0.0355. The largest absolute Gasteiger partial charge is 0.508 e. The molecule has 4 rings (SSSR count). The second-order valence-electron chi connectivity index (χ2n) is 10.2. The minimum atomic E-state index is -3.71. The highest BCUT2D eigenvalue weighted by atomic mass is 32.2. The number of rotatable bonds is 12. The molecule has 220 valence electrons. The molecule has 9 nitrogen and oxygen atoms in total. The number of phenols is 1. The third-order valence-electron chi connectivity index (χ3n) is 7.20. The molecule has 3 aromatic carbocycles. The van der Waals surface area contributed by atoms with Gasteiger partial charge in [-0.15, -0.1) is 0 Å². The van der Waals surface area contributed by atoms with Gasteiger partial charge in [-0.3, -0.25) is 4.79 Å². The molecule has 0 radical (unpaired) electrons. The van der Waals surface area contributed by atoms with E-state index in [4.69, 9.17) is 4.74 Å². The lowest BCUT2D eigenvalue weighted by atomic mass is 9.98. The number of phenolic OH excluding ortho intramolecular Hbond substituents is 1. The summed E-state index contributed by atoms with van der Waals surface area (Å²) in [5.74, 6) is 0.173. The van der Waals surface area contributed by atoms with Gasteiger partial charge in [0.05, 0.1) is 4.90 Å². The number of sulfonamides is 1. The average molecular weight is 586 g/mol. The SMILES string of the molecule is Cc1cccc(F)c1CNC(=O)c1ccc(S(=O)(=O)N2CCC(CNC[C@H](O)COc3ccc(O)cc3)CC2)cc1. The van der Waals surface area contributed by atoms with Crippen LogP contribution in [0.15, 0.2) is 71.6 Å². The zero-order valence-corrected chi connectivity index (χ0v) is 23.7. The molecule has 0 bridgehead atoms. The number of benzene rings is 3. The Morgan fingerprint density at radius 1 is 1.07 bits per heavy atom. The summed E-state index contributed by atoms with van der Waals surface area (Å²) >= 11 is 0. The van der Waals surface area contributed by atoms with Crippen molar-refractivity contribution in [2.45, 2.75) is 37.3 Å². The van der Waals surface area contributed by atoms with Crippen LogP contribution >= 0.6 is 0 Å². The first-order chi connectivity index (χ1) is 19.6. The zero-order chi connectivity index (χ0) is 29.4. The summed E-state index contributed by atoms with van der Waals surface area (Å²) in [5.41, 5.74) is 1.44. The van der Waals surface area contributed by atoms with Crippen LogP contribution in [0.5, 0.6) is 11.5 Å². The van der Waals surface area contributed by atoms with E-state index >= 15 is 0 Å². The summed E-state index contributed by atoms with van der Waals surface area (Å²) in [6.07, 6.45) is 0.655. The quantitative estimate of drug-likeness (QED) is 0.257. The van der Waals surface area contributed by atoms with E-state index in [1.165, 1.54) is 46.8 Å². The number of piperidine rings is 1. The number of nitrogens with one attached hydrogen (secondary N) is 2. The van der Waals surface area contributed by atoms with E-state index in [1.54, 1.807) is 31.2 Å². The molecule has 0 spiro atoms. The fourth-order valence-electron chi connectivity index (χ4n) is 4.69. The highest BCUT2D eigenvalue weighted by Crippen LogP contribution is 2.24. The Balaban J connectivity index is 1.20. The second kappa shape index (κ2) is 13.9. The van der Waals surface area contributed by atoms with Gasteiger partial charge in [0.15, 0.2) is 0 Å². The third-order valence-corrected chi connectivity index (χ3v) is 9.11. The Labute approximate surface area is 240 Å². The molecule has 4 N–H and O–H groups in total. The van der Waals surface area contributed by atoms with Gasteiger partial charge < -0.3 is 25.6 Å². The second-order valence-corrected chi connectivity index (χ2v) is 12.1. The highest BCUT2D eigenvalue weighted by molar-refractivity contribution is 7.89. The molecule has 1 aliphatic heterocycles. The first kappa shape index (κ1) is 30.4. The first-order valence-electron chi connectivity index (χ1n) is 13.6. The molecular formula is C30H36FN3O6S. The smallest absolute Gasteiger partial charge is 0.251 e. The number of hydrogen-bond donors (Lipinski definition) is 4. The molecule has 1 fully saturated rings. The summed E-state index contributed by atoms with van der Waals surface area (Å²) in [6, 6.07) is 16.8. The number of nitrogens with zero attached hydrogens (tertiary/aromatic N) is 1. The van der Waals surface area contributed by atoms with Gasteiger partial charge in [0.25, 0.3) is 5.91 Å². The molecular weight excluding hydrogens is 549 g/mol. The monoisotopic (exact) mass is 585 g/mol. The molecule has 0 unspecified atom stereocenters. The molecule has 1 saturated heterocycles. The van der Waals surface area contributed by atoms with Crippen LogP contribution in [-0.4, -0.2) is 67.7 Å². The number of aromatic hydroxyl groups is 1. The Morgan fingerprint density at radius 3 is 2.41 bits per heavy atom. The zero-order valence-electron chi connectivity index (χ0n) is 22.9. The number of amides is 1. The maximum atomic E-state index is 14.0. The van der Waals surface area contributed by atoms with E-state index in [9.17, 15) is 27.8 Å². The fraction of sp³-hybridized carbons (Fsp3) is 0.367. The molecule has 0 aromatic heterocycles. The van der Waals surface area contributed by atoms with Gasteiger partial charge in [-0.2, -0.15) is 4.31 Å². The van der Waals surface area contributed by atoms with Gasteiger partial charge in [0.2, 0.25) is 10.0 Å². The normalized spacial score (nSPS) is 15.4. The van der Waals surface area contributed by atoms with E-state index in [0.717, 1.165) is 5.56 Å².